The van der Waals surface area contributed by atoms with Crippen LogP contribution in [-0.4, -0.2) is 14.8 Å². The second-order valence-electron chi connectivity index (χ2n) is 4.08. The molecule has 0 N–H and O–H groups in total. The van der Waals surface area contributed by atoms with Crippen molar-refractivity contribution in [1.29, 1.82) is 0 Å². The Morgan fingerprint density at radius 3 is 2.53 bits per heavy atom. The van der Waals surface area contributed by atoms with Gasteiger partial charge in [0.15, 0.2) is 0 Å². The lowest BCUT2D eigenvalue weighted by molar-refractivity contribution is 0.464. The van der Waals surface area contributed by atoms with Gasteiger partial charge in [-0.2, -0.15) is 0 Å². The molecule has 0 aliphatic rings. The Bertz CT molecular complexity index is 277. The van der Waals surface area contributed by atoms with Gasteiger partial charge in [-0.25, -0.2) is 0 Å². The fourth-order valence-corrected chi connectivity index (χ4v) is 2.17. The van der Waals surface area contributed by atoms with Crippen molar-refractivity contribution in [2.45, 2.75) is 58.9 Å². The average Bonchev–Trinajstić information content (AvgIpc) is 2.53. The van der Waals surface area contributed by atoms with E-state index in [4.69, 9.17) is 11.6 Å². The Labute approximate surface area is 96.8 Å². The highest BCUT2D eigenvalue weighted by Crippen LogP contribution is 2.21. The van der Waals surface area contributed by atoms with Gasteiger partial charge in [-0.15, -0.1) is 10.2 Å². The molecule has 0 radical (unpaired) electrons. The molecule has 1 aromatic rings. The van der Waals surface area contributed by atoms with Crippen LogP contribution in [0.25, 0.3) is 0 Å². The third kappa shape index (κ3) is 3.49. The number of aromatic nitrogens is 3. The highest BCUT2D eigenvalue weighted by atomic mass is 35.5. The molecule has 0 bridgehead atoms. The molecule has 1 aromatic heterocycles. The van der Waals surface area contributed by atoms with E-state index in [1.807, 2.05) is 11.5 Å². The van der Waals surface area contributed by atoms with E-state index in [-0.39, 0.29) is 0 Å². The normalized spacial score (nSPS) is 13.1. The molecule has 0 saturated carbocycles. The summed E-state index contributed by atoms with van der Waals surface area (Å²) in [6.07, 6.45) is 6.31. The van der Waals surface area contributed by atoms with Gasteiger partial charge in [-0.3, -0.25) is 4.57 Å². The third-order valence-electron chi connectivity index (χ3n) is 2.74. The molecule has 0 aliphatic heterocycles. The first-order chi connectivity index (χ1) is 7.16. The molecular weight excluding hydrogens is 210 g/mol. The molecule has 86 valence electrons. The maximum Gasteiger partial charge on any atom is 0.225 e. The van der Waals surface area contributed by atoms with Crippen LogP contribution in [0.5, 0.6) is 0 Å². The van der Waals surface area contributed by atoms with E-state index < -0.39 is 0 Å². The summed E-state index contributed by atoms with van der Waals surface area (Å²) in [6, 6.07) is 0.407. The van der Waals surface area contributed by atoms with Gasteiger partial charge in [0.2, 0.25) is 5.28 Å². The highest BCUT2D eigenvalue weighted by Gasteiger charge is 2.12. The van der Waals surface area contributed by atoms with E-state index in [2.05, 4.69) is 24.0 Å². The smallest absolute Gasteiger partial charge is 0.225 e. The van der Waals surface area contributed by atoms with Crippen LogP contribution in [0.2, 0.25) is 5.28 Å². The van der Waals surface area contributed by atoms with Gasteiger partial charge in [0.05, 0.1) is 0 Å². The molecular formula is C11H20ClN3. The summed E-state index contributed by atoms with van der Waals surface area (Å²) >= 11 is 5.97. The topological polar surface area (TPSA) is 30.7 Å². The fourth-order valence-electron chi connectivity index (χ4n) is 1.84. The summed E-state index contributed by atoms with van der Waals surface area (Å²) in [7, 11) is 0. The molecule has 1 unspecified atom stereocenters. The second-order valence-corrected chi connectivity index (χ2v) is 4.42. The van der Waals surface area contributed by atoms with Gasteiger partial charge >= 0.3 is 0 Å². The molecule has 15 heavy (non-hydrogen) atoms. The van der Waals surface area contributed by atoms with Crippen LogP contribution < -0.4 is 0 Å². The second kappa shape index (κ2) is 6.11. The van der Waals surface area contributed by atoms with Crippen molar-refractivity contribution >= 4 is 11.6 Å². The van der Waals surface area contributed by atoms with E-state index in [9.17, 15) is 0 Å². The van der Waals surface area contributed by atoms with Crippen LogP contribution in [0, 0.1) is 6.92 Å². The number of nitrogens with zero attached hydrogens (tertiary/aromatic N) is 3. The number of hydrogen-bond donors (Lipinski definition) is 0. The monoisotopic (exact) mass is 229 g/mol. The Kier molecular flexibility index (Phi) is 5.09. The summed E-state index contributed by atoms with van der Waals surface area (Å²) in [6.45, 7) is 6.35. The first-order valence-electron chi connectivity index (χ1n) is 5.73. The van der Waals surface area contributed by atoms with Crippen molar-refractivity contribution in [3.8, 4) is 0 Å². The molecule has 1 heterocycles. The molecule has 0 aromatic carbocycles. The number of unbranched alkanes of at least 4 members (excludes halogenated alkanes) is 3. The Morgan fingerprint density at radius 2 is 2.00 bits per heavy atom. The van der Waals surface area contributed by atoms with Crippen LogP contribution in [0.15, 0.2) is 0 Å². The van der Waals surface area contributed by atoms with E-state index in [1.54, 1.807) is 0 Å². The maximum atomic E-state index is 5.97. The Hall–Kier alpha value is -0.570. The quantitative estimate of drug-likeness (QED) is 0.696. The third-order valence-corrected chi connectivity index (χ3v) is 3.00. The maximum absolute atomic E-state index is 5.97. The molecule has 4 heteroatoms. The molecule has 0 amide bonds. The number of aryl methyl sites for hydroxylation is 1. The van der Waals surface area contributed by atoms with Gasteiger partial charge in [-0.05, 0) is 31.9 Å². The van der Waals surface area contributed by atoms with Crippen molar-refractivity contribution in [3.05, 3.63) is 11.1 Å². The predicted octanol–water partition coefficient (Wildman–Crippen LogP) is 3.77. The van der Waals surface area contributed by atoms with Crippen LogP contribution >= 0.6 is 11.6 Å². The molecule has 3 nitrogen and oxygen atoms in total. The van der Waals surface area contributed by atoms with Gasteiger partial charge in [0, 0.05) is 6.04 Å². The first kappa shape index (κ1) is 12.5. The number of rotatable bonds is 6. The summed E-state index contributed by atoms with van der Waals surface area (Å²) < 4.78 is 2.01. The Balaban J connectivity index is 2.43. The molecule has 1 atom stereocenters. The molecule has 0 spiro atoms. The largest absolute Gasteiger partial charge is 0.299 e. The van der Waals surface area contributed by atoms with Crippen molar-refractivity contribution in [2.24, 2.45) is 0 Å². The van der Waals surface area contributed by atoms with Crippen LogP contribution in [0.1, 0.15) is 57.8 Å². The van der Waals surface area contributed by atoms with Crippen molar-refractivity contribution < 1.29 is 0 Å². The minimum atomic E-state index is 0.407. The summed E-state index contributed by atoms with van der Waals surface area (Å²) in [5.41, 5.74) is 0. The molecule has 1 rings (SSSR count). The van der Waals surface area contributed by atoms with E-state index in [1.165, 1.54) is 25.7 Å². The molecule has 0 aliphatic carbocycles. The fraction of sp³-hybridized carbons (Fsp3) is 0.818. The van der Waals surface area contributed by atoms with Crippen LogP contribution in [-0.2, 0) is 0 Å². The first-order valence-corrected chi connectivity index (χ1v) is 6.11. The van der Waals surface area contributed by atoms with Crippen LogP contribution in [0.4, 0.5) is 0 Å². The van der Waals surface area contributed by atoms with Crippen molar-refractivity contribution in [1.82, 2.24) is 14.8 Å². The zero-order valence-corrected chi connectivity index (χ0v) is 10.6. The SMILES string of the molecule is CCCCCCC(C)n1c(C)nnc1Cl. The molecule has 0 saturated heterocycles. The van der Waals surface area contributed by atoms with Crippen molar-refractivity contribution in [3.63, 3.8) is 0 Å². The van der Waals surface area contributed by atoms with E-state index in [0.29, 0.717) is 11.3 Å². The van der Waals surface area contributed by atoms with Crippen molar-refractivity contribution in [2.75, 3.05) is 0 Å². The van der Waals surface area contributed by atoms with Gasteiger partial charge < -0.3 is 0 Å². The summed E-state index contributed by atoms with van der Waals surface area (Å²) in [5, 5.41) is 8.33. The number of hydrogen-bond acceptors (Lipinski definition) is 2. The van der Waals surface area contributed by atoms with E-state index >= 15 is 0 Å². The van der Waals surface area contributed by atoms with Gasteiger partial charge in [0.1, 0.15) is 5.82 Å². The lowest BCUT2D eigenvalue weighted by atomic mass is 10.1. The van der Waals surface area contributed by atoms with E-state index in [0.717, 1.165) is 12.2 Å². The predicted molar refractivity (Wildman–Crippen MR) is 63.2 cm³/mol. The lowest BCUT2D eigenvalue weighted by Crippen LogP contribution is -2.07. The minimum Gasteiger partial charge on any atom is -0.299 e. The number of halogens is 1. The summed E-state index contributed by atoms with van der Waals surface area (Å²) in [4.78, 5) is 0. The minimum absolute atomic E-state index is 0.407. The average molecular weight is 230 g/mol. The summed E-state index contributed by atoms with van der Waals surface area (Å²) in [5.74, 6) is 0.906. The van der Waals surface area contributed by atoms with Gasteiger partial charge in [0.25, 0.3) is 0 Å². The zero-order chi connectivity index (χ0) is 11.3. The Morgan fingerprint density at radius 1 is 1.27 bits per heavy atom. The lowest BCUT2D eigenvalue weighted by Gasteiger charge is -2.14. The highest BCUT2D eigenvalue weighted by molar-refractivity contribution is 6.28. The standard InChI is InChI=1S/C11H20ClN3/c1-4-5-6-7-8-9(2)15-10(3)13-14-11(15)12/h9H,4-8H2,1-3H3. The van der Waals surface area contributed by atoms with Crippen LogP contribution in [0.3, 0.4) is 0 Å². The zero-order valence-electron chi connectivity index (χ0n) is 9.83. The molecule has 0 fully saturated rings. The van der Waals surface area contributed by atoms with Gasteiger partial charge in [-0.1, -0.05) is 32.6 Å².